The second-order valence-electron chi connectivity index (χ2n) is 5.78. The number of nitrogens with one attached hydrogen (secondary N) is 1. The fraction of sp³-hybridized carbons (Fsp3) is 0.647. The molecule has 1 N–H and O–H groups in total. The van der Waals surface area contributed by atoms with Gasteiger partial charge in [0, 0.05) is 17.6 Å². The molecule has 0 amide bonds. The summed E-state index contributed by atoms with van der Waals surface area (Å²) in [5, 5.41) is 4.54. The lowest BCUT2D eigenvalue weighted by Gasteiger charge is -2.18. The van der Waals surface area contributed by atoms with E-state index in [1.54, 1.807) is 0 Å². The topological polar surface area (TPSA) is 12.0 Å². The van der Waals surface area contributed by atoms with Crippen molar-refractivity contribution in [3.8, 4) is 0 Å². The summed E-state index contributed by atoms with van der Waals surface area (Å²) < 4.78 is 0. The van der Waals surface area contributed by atoms with Crippen LogP contribution in [0, 0.1) is 0 Å². The molecule has 1 atom stereocenters. The van der Waals surface area contributed by atoms with Crippen LogP contribution in [0.15, 0.2) is 24.3 Å². The van der Waals surface area contributed by atoms with Crippen LogP contribution in [0.25, 0.3) is 0 Å². The summed E-state index contributed by atoms with van der Waals surface area (Å²) in [6.45, 7) is 3.38. The number of hydrogen-bond acceptors (Lipinski definition) is 1. The van der Waals surface area contributed by atoms with Crippen LogP contribution in [0.5, 0.6) is 0 Å². The van der Waals surface area contributed by atoms with Gasteiger partial charge in [-0.3, -0.25) is 0 Å². The lowest BCUT2D eigenvalue weighted by atomic mass is 9.93. The van der Waals surface area contributed by atoms with E-state index in [4.69, 9.17) is 11.6 Å². The lowest BCUT2D eigenvalue weighted by Crippen LogP contribution is -2.23. The molecular formula is C17H26ClN. The monoisotopic (exact) mass is 279 g/mol. The molecule has 106 valence electrons. The standard InChI is InChI=1S/C17H26ClN/c1-2-3-4-5-7-15(13-19-17-10-11-17)14-8-6-9-16(18)12-14/h6,8-9,12,15,17,19H,2-5,7,10-11,13H2,1H3. The van der Waals surface area contributed by atoms with Crippen molar-refractivity contribution in [2.75, 3.05) is 6.54 Å². The highest BCUT2D eigenvalue weighted by atomic mass is 35.5. The summed E-state index contributed by atoms with van der Waals surface area (Å²) in [6.07, 6.45) is 9.35. The predicted octanol–water partition coefficient (Wildman–Crippen LogP) is 5.15. The van der Waals surface area contributed by atoms with Crippen LogP contribution in [0.1, 0.15) is 63.4 Å². The number of rotatable bonds is 9. The predicted molar refractivity (Wildman–Crippen MR) is 84.0 cm³/mol. The van der Waals surface area contributed by atoms with Gasteiger partial charge < -0.3 is 5.32 Å². The third kappa shape index (κ3) is 5.54. The molecule has 0 saturated heterocycles. The van der Waals surface area contributed by atoms with Crippen LogP contribution >= 0.6 is 11.6 Å². The fourth-order valence-corrected chi connectivity index (χ4v) is 2.76. The molecule has 0 heterocycles. The van der Waals surface area contributed by atoms with Crippen molar-refractivity contribution in [2.45, 2.75) is 63.8 Å². The molecule has 1 aromatic rings. The van der Waals surface area contributed by atoms with Gasteiger partial charge in [-0.1, -0.05) is 56.3 Å². The van der Waals surface area contributed by atoms with Gasteiger partial charge in [-0.05, 0) is 42.9 Å². The molecule has 0 radical (unpaired) electrons. The van der Waals surface area contributed by atoms with Gasteiger partial charge in [0.05, 0.1) is 0 Å². The average molecular weight is 280 g/mol. The third-order valence-corrected chi connectivity index (χ3v) is 4.19. The number of unbranched alkanes of at least 4 members (excludes halogenated alkanes) is 3. The quantitative estimate of drug-likeness (QED) is 0.617. The van der Waals surface area contributed by atoms with E-state index < -0.39 is 0 Å². The van der Waals surface area contributed by atoms with Crippen LogP contribution in [0.2, 0.25) is 5.02 Å². The van der Waals surface area contributed by atoms with Crippen molar-refractivity contribution in [3.63, 3.8) is 0 Å². The summed E-state index contributed by atoms with van der Waals surface area (Å²) in [6, 6.07) is 9.20. The van der Waals surface area contributed by atoms with E-state index >= 15 is 0 Å². The Bertz CT molecular complexity index is 373. The van der Waals surface area contributed by atoms with Crippen LogP contribution in [-0.2, 0) is 0 Å². The van der Waals surface area contributed by atoms with E-state index in [0.717, 1.165) is 17.6 Å². The molecule has 1 fully saturated rings. The van der Waals surface area contributed by atoms with E-state index in [-0.39, 0.29) is 0 Å². The molecule has 2 rings (SSSR count). The van der Waals surface area contributed by atoms with E-state index in [1.807, 2.05) is 6.07 Å². The van der Waals surface area contributed by atoms with Crippen LogP contribution in [0.4, 0.5) is 0 Å². The highest BCUT2D eigenvalue weighted by Gasteiger charge is 2.22. The molecule has 19 heavy (non-hydrogen) atoms. The smallest absolute Gasteiger partial charge is 0.0408 e. The largest absolute Gasteiger partial charge is 0.313 e. The Morgan fingerprint density at radius 3 is 2.79 bits per heavy atom. The lowest BCUT2D eigenvalue weighted by molar-refractivity contribution is 0.512. The van der Waals surface area contributed by atoms with Gasteiger partial charge in [-0.15, -0.1) is 0 Å². The molecule has 1 nitrogen and oxygen atoms in total. The van der Waals surface area contributed by atoms with Gasteiger partial charge in [0.2, 0.25) is 0 Å². The molecule has 0 spiro atoms. The number of benzene rings is 1. The zero-order valence-corrected chi connectivity index (χ0v) is 12.8. The van der Waals surface area contributed by atoms with Crippen molar-refractivity contribution in [1.82, 2.24) is 5.32 Å². The summed E-state index contributed by atoms with van der Waals surface area (Å²) in [5.74, 6) is 0.621. The molecule has 1 aromatic carbocycles. The first-order valence-electron chi connectivity index (χ1n) is 7.78. The second-order valence-corrected chi connectivity index (χ2v) is 6.22. The highest BCUT2D eigenvalue weighted by Crippen LogP contribution is 2.26. The molecule has 0 bridgehead atoms. The Morgan fingerprint density at radius 2 is 2.11 bits per heavy atom. The van der Waals surface area contributed by atoms with Crippen LogP contribution < -0.4 is 5.32 Å². The summed E-state index contributed by atoms with van der Waals surface area (Å²) in [7, 11) is 0. The highest BCUT2D eigenvalue weighted by molar-refractivity contribution is 6.30. The summed E-state index contributed by atoms with van der Waals surface area (Å²) >= 11 is 6.13. The number of hydrogen-bond donors (Lipinski definition) is 1. The Kier molecular flexibility index (Phi) is 6.19. The molecular weight excluding hydrogens is 254 g/mol. The maximum atomic E-state index is 6.13. The first-order valence-corrected chi connectivity index (χ1v) is 8.16. The van der Waals surface area contributed by atoms with Crippen molar-refractivity contribution < 1.29 is 0 Å². The van der Waals surface area contributed by atoms with Gasteiger partial charge >= 0.3 is 0 Å². The van der Waals surface area contributed by atoms with Gasteiger partial charge in [-0.2, -0.15) is 0 Å². The minimum Gasteiger partial charge on any atom is -0.313 e. The summed E-state index contributed by atoms with van der Waals surface area (Å²) in [4.78, 5) is 0. The maximum Gasteiger partial charge on any atom is 0.0408 e. The third-order valence-electron chi connectivity index (χ3n) is 3.96. The molecule has 1 unspecified atom stereocenters. The Balaban J connectivity index is 1.87. The molecule has 0 aliphatic heterocycles. The van der Waals surface area contributed by atoms with Gasteiger partial charge in [-0.25, -0.2) is 0 Å². The molecule has 0 aromatic heterocycles. The van der Waals surface area contributed by atoms with Crippen molar-refractivity contribution in [1.29, 1.82) is 0 Å². The SMILES string of the molecule is CCCCCCC(CNC1CC1)c1cccc(Cl)c1. The van der Waals surface area contributed by atoms with E-state index in [1.165, 1.54) is 50.5 Å². The zero-order valence-electron chi connectivity index (χ0n) is 12.0. The van der Waals surface area contributed by atoms with E-state index in [2.05, 4.69) is 30.4 Å². The first-order chi connectivity index (χ1) is 9.29. The minimum atomic E-state index is 0.621. The average Bonchev–Trinajstić information content (AvgIpc) is 3.22. The van der Waals surface area contributed by atoms with Gasteiger partial charge in [0.15, 0.2) is 0 Å². The zero-order chi connectivity index (χ0) is 13.5. The van der Waals surface area contributed by atoms with Crippen LogP contribution in [-0.4, -0.2) is 12.6 Å². The first kappa shape index (κ1) is 14.9. The number of halogens is 1. The molecule has 1 aliphatic carbocycles. The Morgan fingerprint density at radius 1 is 1.26 bits per heavy atom. The van der Waals surface area contributed by atoms with Crippen molar-refractivity contribution >= 4 is 11.6 Å². The van der Waals surface area contributed by atoms with Crippen LogP contribution in [0.3, 0.4) is 0 Å². The fourth-order valence-electron chi connectivity index (χ4n) is 2.56. The maximum absolute atomic E-state index is 6.13. The Hall–Kier alpha value is -0.530. The van der Waals surface area contributed by atoms with Gasteiger partial charge in [0.25, 0.3) is 0 Å². The molecule has 1 saturated carbocycles. The normalized spacial score (nSPS) is 16.5. The molecule has 2 heteroatoms. The second kappa shape index (κ2) is 7.91. The molecule has 1 aliphatic rings. The van der Waals surface area contributed by atoms with E-state index in [0.29, 0.717) is 5.92 Å². The van der Waals surface area contributed by atoms with E-state index in [9.17, 15) is 0 Å². The van der Waals surface area contributed by atoms with Crippen molar-refractivity contribution in [2.24, 2.45) is 0 Å². The summed E-state index contributed by atoms with van der Waals surface area (Å²) in [5.41, 5.74) is 1.40. The van der Waals surface area contributed by atoms with Gasteiger partial charge in [0.1, 0.15) is 0 Å². The minimum absolute atomic E-state index is 0.621. The Labute approximate surface area is 122 Å². The van der Waals surface area contributed by atoms with Crippen molar-refractivity contribution in [3.05, 3.63) is 34.9 Å².